The molecule has 2 aliphatic heterocycles. The van der Waals surface area contributed by atoms with Gasteiger partial charge in [-0.15, -0.1) is 0 Å². The topological polar surface area (TPSA) is 78.0 Å². The van der Waals surface area contributed by atoms with E-state index in [1.54, 1.807) is 21.9 Å². The molecule has 1 saturated carbocycles. The minimum Gasteiger partial charge on any atom is -0.369 e. The third-order valence-corrected chi connectivity index (χ3v) is 7.71. The number of pyridine rings is 1. The molecule has 0 radical (unpaired) electrons. The predicted molar refractivity (Wildman–Crippen MR) is 135 cm³/mol. The van der Waals surface area contributed by atoms with E-state index in [0.29, 0.717) is 48.6 Å². The third-order valence-electron chi connectivity index (χ3n) is 7.71. The molecule has 37 heavy (non-hydrogen) atoms. The number of anilines is 1. The molecule has 8 nitrogen and oxygen atoms in total. The van der Waals surface area contributed by atoms with Crippen molar-refractivity contribution < 1.29 is 23.4 Å². The molecular weight excluding hydrogens is 480 g/mol. The van der Waals surface area contributed by atoms with Gasteiger partial charge in [0.25, 0.3) is 17.7 Å². The highest BCUT2D eigenvalue weighted by Crippen LogP contribution is 2.37. The van der Waals surface area contributed by atoms with E-state index in [2.05, 4.69) is 20.1 Å². The maximum Gasteiger partial charge on any atom is 0.266 e. The summed E-state index contributed by atoms with van der Waals surface area (Å²) in [4.78, 5) is 39.9. The lowest BCUT2D eigenvalue weighted by atomic mass is 9.84. The van der Waals surface area contributed by atoms with Crippen LogP contribution in [0.2, 0.25) is 0 Å². The Morgan fingerprint density at radius 1 is 0.865 bits per heavy atom. The van der Waals surface area contributed by atoms with Crippen LogP contribution < -0.4 is 15.2 Å². The summed E-state index contributed by atoms with van der Waals surface area (Å²) in [6.07, 6.45) is 6.48. The number of halogens is 2. The van der Waals surface area contributed by atoms with E-state index >= 15 is 0 Å². The first-order valence-electron chi connectivity index (χ1n) is 13.2. The number of amides is 2. The van der Waals surface area contributed by atoms with Crippen LogP contribution in [-0.4, -0.2) is 79.0 Å². The van der Waals surface area contributed by atoms with Crippen LogP contribution in [0, 0.1) is 5.82 Å². The first kappa shape index (κ1) is 25.4. The molecule has 5 rings (SSSR count). The quantitative estimate of drug-likeness (QED) is 0.659. The number of nitrogens with zero attached hydrogens (tertiary/aromatic N) is 4. The van der Waals surface area contributed by atoms with Crippen LogP contribution in [0.1, 0.15) is 64.3 Å². The molecule has 198 valence electrons. The standard InChI is InChI=1S/C27H33F2N5O3/c28-22-14-20(15-23(17-22)32-8-6-30-7-9-32)26(35)33-10-12-34(13-11-33)27(36)21-16-24(25(37-29)31-18-21)19-4-2-1-3-5-19/h14-19,30H,1-13H2. The monoisotopic (exact) mass is 513 g/mol. The van der Waals surface area contributed by atoms with Crippen LogP contribution in [0.5, 0.6) is 5.88 Å². The van der Waals surface area contributed by atoms with Gasteiger partial charge in [0.1, 0.15) is 5.82 Å². The van der Waals surface area contributed by atoms with Gasteiger partial charge < -0.3 is 20.0 Å². The molecule has 10 heteroatoms. The summed E-state index contributed by atoms with van der Waals surface area (Å²) in [6.45, 7) is 4.54. The summed E-state index contributed by atoms with van der Waals surface area (Å²) in [7, 11) is 0. The Labute approximate surface area is 215 Å². The second kappa shape index (κ2) is 11.4. The summed E-state index contributed by atoms with van der Waals surface area (Å²) >= 11 is 0. The Balaban J connectivity index is 1.24. The molecule has 0 unspecified atom stereocenters. The van der Waals surface area contributed by atoms with Gasteiger partial charge in [-0.05, 0) is 43.0 Å². The van der Waals surface area contributed by atoms with Gasteiger partial charge in [-0.2, -0.15) is 0 Å². The average Bonchev–Trinajstić information content (AvgIpc) is 2.96. The second-order valence-electron chi connectivity index (χ2n) is 10.1. The van der Waals surface area contributed by atoms with Crippen LogP contribution in [-0.2, 0) is 0 Å². The van der Waals surface area contributed by atoms with Crippen molar-refractivity contribution in [2.45, 2.75) is 38.0 Å². The molecule has 1 aromatic heterocycles. The fourth-order valence-corrected chi connectivity index (χ4v) is 5.64. The number of nitrogens with one attached hydrogen (secondary N) is 1. The molecule has 1 N–H and O–H groups in total. The normalized spacial score (nSPS) is 19.1. The highest BCUT2D eigenvalue weighted by atomic mass is 19.3. The van der Waals surface area contributed by atoms with E-state index in [1.165, 1.54) is 18.3 Å². The maximum atomic E-state index is 14.4. The number of benzene rings is 1. The Hall–Kier alpha value is -3.27. The molecule has 0 bridgehead atoms. The highest BCUT2D eigenvalue weighted by Gasteiger charge is 2.28. The van der Waals surface area contributed by atoms with Crippen LogP contribution in [0.3, 0.4) is 0 Å². The van der Waals surface area contributed by atoms with Gasteiger partial charge in [-0.1, -0.05) is 19.3 Å². The van der Waals surface area contributed by atoms with Crippen molar-refractivity contribution >= 4 is 17.5 Å². The minimum atomic E-state index is -0.435. The van der Waals surface area contributed by atoms with Gasteiger partial charge >= 0.3 is 0 Å². The van der Waals surface area contributed by atoms with Crippen LogP contribution in [0.25, 0.3) is 0 Å². The smallest absolute Gasteiger partial charge is 0.266 e. The van der Waals surface area contributed by atoms with Crippen LogP contribution >= 0.6 is 0 Å². The van der Waals surface area contributed by atoms with Crippen molar-refractivity contribution in [1.29, 1.82) is 0 Å². The SMILES string of the molecule is O=C(c1cc(F)cc(N2CCNCC2)c1)N1CCN(C(=O)c2cnc(OF)c(C3CCCCC3)c2)CC1. The molecule has 0 spiro atoms. The Morgan fingerprint density at radius 3 is 2.16 bits per heavy atom. The van der Waals surface area contributed by atoms with Crippen molar-refractivity contribution in [1.82, 2.24) is 20.1 Å². The van der Waals surface area contributed by atoms with Gasteiger partial charge in [-0.3, -0.25) is 14.5 Å². The Bertz CT molecular complexity index is 1130. The molecule has 3 aliphatic rings. The van der Waals surface area contributed by atoms with Crippen LogP contribution in [0.4, 0.5) is 14.6 Å². The molecule has 1 aromatic carbocycles. The lowest BCUT2D eigenvalue weighted by Crippen LogP contribution is -2.50. The second-order valence-corrected chi connectivity index (χ2v) is 10.1. The first-order valence-corrected chi connectivity index (χ1v) is 13.2. The van der Waals surface area contributed by atoms with Gasteiger partial charge in [0.2, 0.25) is 0 Å². The summed E-state index contributed by atoms with van der Waals surface area (Å²) < 4.78 is 27.5. The number of hydrogen-bond donors (Lipinski definition) is 1. The van der Waals surface area contributed by atoms with E-state index in [1.807, 2.05) is 0 Å². The average molecular weight is 514 g/mol. The first-order chi connectivity index (χ1) is 18.0. The Kier molecular flexibility index (Phi) is 7.83. The zero-order chi connectivity index (χ0) is 25.8. The lowest BCUT2D eigenvalue weighted by molar-refractivity contribution is -0.0137. The molecule has 2 amide bonds. The highest BCUT2D eigenvalue weighted by molar-refractivity contribution is 5.96. The number of carbonyl (C=O) groups excluding carboxylic acids is 2. The maximum absolute atomic E-state index is 14.4. The largest absolute Gasteiger partial charge is 0.369 e. The van der Waals surface area contributed by atoms with E-state index in [-0.39, 0.29) is 23.6 Å². The number of rotatable bonds is 5. The fourth-order valence-electron chi connectivity index (χ4n) is 5.64. The summed E-state index contributed by atoms with van der Waals surface area (Å²) in [5, 5.41) is 3.27. The fraction of sp³-hybridized carbons (Fsp3) is 0.519. The molecule has 2 aromatic rings. The number of piperazine rings is 2. The van der Waals surface area contributed by atoms with E-state index in [0.717, 1.165) is 58.3 Å². The van der Waals surface area contributed by atoms with E-state index < -0.39 is 5.82 Å². The molecule has 1 aliphatic carbocycles. The Morgan fingerprint density at radius 2 is 1.51 bits per heavy atom. The predicted octanol–water partition coefficient (Wildman–Crippen LogP) is 3.54. The molecular formula is C27H33F2N5O3. The lowest BCUT2D eigenvalue weighted by Gasteiger charge is -2.35. The third kappa shape index (κ3) is 5.69. The zero-order valence-corrected chi connectivity index (χ0v) is 20.9. The summed E-state index contributed by atoms with van der Waals surface area (Å²) in [5.41, 5.74) is 2.07. The molecule has 3 fully saturated rings. The summed E-state index contributed by atoms with van der Waals surface area (Å²) in [5.74, 6) is -0.807. The zero-order valence-electron chi connectivity index (χ0n) is 20.9. The number of hydrogen-bond acceptors (Lipinski definition) is 6. The van der Waals surface area contributed by atoms with Crippen molar-refractivity contribution in [3.63, 3.8) is 0 Å². The number of aromatic nitrogens is 1. The van der Waals surface area contributed by atoms with Crippen LogP contribution in [0.15, 0.2) is 30.5 Å². The van der Waals surface area contributed by atoms with E-state index in [4.69, 9.17) is 0 Å². The minimum absolute atomic E-state index is 0.0610. The van der Waals surface area contributed by atoms with Crippen molar-refractivity contribution in [2.24, 2.45) is 0 Å². The van der Waals surface area contributed by atoms with Gasteiger partial charge in [0, 0.05) is 79.9 Å². The molecule has 2 saturated heterocycles. The van der Waals surface area contributed by atoms with E-state index in [9.17, 15) is 18.5 Å². The van der Waals surface area contributed by atoms with Gasteiger partial charge in [0.15, 0.2) is 0 Å². The van der Waals surface area contributed by atoms with Crippen molar-refractivity contribution in [3.8, 4) is 5.88 Å². The van der Waals surface area contributed by atoms with Gasteiger partial charge in [-0.25, -0.2) is 9.37 Å². The summed E-state index contributed by atoms with van der Waals surface area (Å²) in [6, 6.07) is 6.20. The van der Waals surface area contributed by atoms with Crippen molar-refractivity contribution in [3.05, 3.63) is 53.0 Å². The number of carbonyl (C=O) groups is 2. The molecule has 0 atom stereocenters. The molecule has 3 heterocycles. The van der Waals surface area contributed by atoms with Crippen molar-refractivity contribution in [2.75, 3.05) is 57.3 Å². The van der Waals surface area contributed by atoms with Gasteiger partial charge in [0.05, 0.1) is 5.56 Å².